The Hall–Kier alpha value is -3.12. The zero-order chi connectivity index (χ0) is 23.6. The molecule has 170 valence electrons. The van der Waals surface area contributed by atoms with Crippen LogP contribution >= 0.6 is 0 Å². The van der Waals surface area contributed by atoms with Gasteiger partial charge in [-0.05, 0) is 62.7 Å². The number of aliphatic hydroxyl groups is 1. The van der Waals surface area contributed by atoms with Gasteiger partial charge in [0.1, 0.15) is 11.5 Å². The molecule has 0 amide bonds. The number of benzene rings is 2. The lowest BCUT2D eigenvalue weighted by Gasteiger charge is -2.43. The third-order valence-corrected chi connectivity index (χ3v) is 6.15. The van der Waals surface area contributed by atoms with Gasteiger partial charge < -0.3 is 20.1 Å². The number of nitrogens with zero attached hydrogens (tertiary/aromatic N) is 1. The number of ketones is 2. The zero-order valence-electron chi connectivity index (χ0n) is 19.6. The van der Waals surface area contributed by atoms with E-state index in [1.165, 1.54) is 13.8 Å². The maximum absolute atomic E-state index is 12.9. The Morgan fingerprint density at radius 3 is 2.12 bits per heavy atom. The molecule has 0 bridgehead atoms. The summed E-state index contributed by atoms with van der Waals surface area (Å²) in [5.41, 5.74) is 2.47. The van der Waals surface area contributed by atoms with Crippen LogP contribution in [0.1, 0.15) is 38.7 Å². The van der Waals surface area contributed by atoms with Crippen LogP contribution in [0, 0.1) is 5.92 Å². The smallest absolute Gasteiger partial charge is 0.158 e. The van der Waals surface area contributed by atoms with E-state index in [2.05, 4.69) is 5.32 Å². The van der Waals surface area contributed by atoms with Crippen LogP contribution in [0.3, 0.4) is 0 Å². The molecule has 2 aromatic rings. The van der Waals surface area contributed by atoms with Gasteiger partial charge in [0, 0.05) is 49.1 Å². The zero-order valence-corrected chi connectivity index (χ0v) is 19.6. The number of carbonyl (C=O) groups excluding carboxylic acids is 2. The molecule has 6 nitrogen and oxygen atoms in total. The second-order valence-electron chi connectivity index (χ2n) is 8.89. The van der Waals surface area contributed by atoms with Gasteiger partial charge in [0.15, 0.2) is 5.78 Å². The molecular weight excluding hydrogens is 404 g/mol. The minimum absolute atomic E-state index is 0.121. The number of nitrogens with one attached hydrogen (secondary N) is 1. The molecule has 0 fully saturated rings. The van der Waals surface area contributed by atoms with Crippen LogP contribution in [-0.4, -0.2) is 43.5 Å². The number of ether oxygens (including phenoxy) is 1. The topological polar surface area (TPSA) is 78.9 Å². The van der Waals surface area contributed by atoms with Crippen molar-refractivity contribution in [3.63, 3.8) is 0 Å². The molecule has 0 heterocycles. The van der Waals surface area contributed by atoms with E-state index in [9.17, 15) is 14.7 Å². The lowest BCUT2D eigenvalue weighted by molar-refractivity contribution is -0.131. The Bertz CT molecular complexity index is 1020. The van der Waals surface area contributed by atoms with Gasteiger partial charge >= 0.3 is 0 Å². The van der Waals surface area contributed by atoms with Gasteiger partial charge in [0.2, 0.25) is 0 Å². The largest absolute Gasteiger partial charge is 0.497 e. The van der Waals surface area contributed by atoms with Gasteiger partial charge in [-0.1, -0.05) is 12.1 Å². The summed E-state index contributed by atoms with van der Waals surface area (Å²) in [6, 6.07) is 15.2. The number of Topliss-reactive ketones (excluding diaryl/α,β-unsaturated/α-hetero) is 2. The molecule has 0 saturated carbocycles. The van der Waals surface area contributed by atoms with Crippen LogP contribution in [0.15, 0.2) is 59.8 Å². The minimum Gasteiger partial charge on any atom is -0.497 e. The molecule has 0 spiro atoms. The molecule has 2 N–H and O–H groups in total. The van der Waals surface area contributed by atoms with Crippen molar-refractivity contribution in [2.24, 2.45) is 5.92 Å². The van der Waals surface area contributed by atoms with Crippen LogP contribution < -0.4 is 15.0 Å². The van der Waals surface area contributed by atoms with E-state index in [-0.39, 0.29) is 18.0 Å². The quantitative estimate of drug-likeness (QED) is 0.679. The predicted molar refractivity (Wildman–Crippen MR) is 127 cm³/mol. The SMILES string of the molecule is COc1ccc(NC2=C(C(C)=O)[C@H](c3ccc(N(C)C)cc3)[C@@H](C(C)=O)[C@](C)(O)C2)cc1. The predicted octanol–water partition coefficient (Wildman–Crippen LogP) is 4.16. The Morgan fingerprint density at radius 1 is 1.06 bits per heavy atom. The van der Waals surface area contributed by atoms with E-state index < -0.39 is 17.4 Å². The molecule has 32 heavy (non-hydrogen) atoms. The van der Waals surface area contributed by atoms with Gasteiger partial charge in [-0.25, -0.2) is 0 Å². The van der Waals surface area contributed by atoms with Gasteiger partial charge in [-0.3, -0.25) is 9.59 Å². The standard InChI is InChI=1S/C26H32N2O4/c1-16(29)23-22(27-19-9-13-21(32-6)14-10-19)15-26(3,31)25(17(2)30)24(23)18-7-11-20(12-8-18)28(4)5/h7-14,24-25,27,31H,15H2,1-6H3/t24-,25+,26+/m0/s1. The van der Waals surface area contributed by atoms with Crippen molar-refractivity contribution in [3.8, 4) is 5.75 Å². The van der Waals surface area contributed by atoms with Crippen molar-refractivity contribution in [2.75, 3.05) is 31.4 Å². The highest BCUT2D eigenvalue weighted by Crippen LogP contribution is 2.48. The second-order valence-corrected chi connectivity index (χ2v) is 8.89. The van der Waals surface area contributed by atoms with Crippen LogP contribution in [-0.2, 0) is 9.59 Å². The number of methoxy groups -OCH3 is 1. The average molecular weight is 437 g/mol. The van der Waals surface area contributed by atoms with E-state index in [1.807, 2.05) is 67.5 Å². The van der Waals surface area contributed by atoms with E-state index in [4.69, 9.17) is 4.74 Å². The molecule has 1 aliphatic rings. The van der Waals surface area contributed by atoms with Crippen LogP contribution in [0.4, 0.5) is 11.4 Å². The van der Waals surface area contributed by atoms with E-state index >= 15 is 0 Å². The fourth-order valence-electron chi connectivity index (χ4n) is 4.68. The fraction of sp³-hybridized carbons (Fsp3) is 0.385. The molecule has 2 aromatic carbocycles. The molecule has 0 aromatic heterocycles. The van der Waals surface area contributed by atoms with Crippen molar-refractivity contribution in [3.05, 3.63) is 65.4 Å². The normalized spacial score (nSPS) is 23.0. The molecule has 0 radical (unpaired) electrons. The molecule has 1 aliphatic carbocycles. The maximum atomic E-state index is 12.9. The Labute approximate surface area is 189 Å². The highest BCUT2D eigenvalue weighted by atomic mass is 16.5. The highest BCUT2D eigenvalue weighted by Gasteiger charge is 2.49. The third kappa shape index (κ3) is 4.70. The molecule has 3 atom stereocenters. The number of hydrogen-bond acceptors (Lipinski definition) is 6. The number of anilines is 2. The van der Waals surface area contributed by atoms with Crippen molar-refractivity contribution in [1.29, 1.82) is 0 Å². The van der Waals surface area contributed by atoms with E-state index in [0.29, 0.717) is 11.3 Å². The minimum atomic E-state index is -1.32. The first-order valence-corrected chi connectivity index (χ1v) is 10.7. The average Bonchev–Trinajstić information content (AvgIpc) is 2.72. The van der Waals surface area contributed by atoms with E-state index in [0.717, 1.165) is 22.7 Å². The van der Waals surface area contributed by atoms with Gasteiger partial charge in [-0.15, -0.1) is 0 Å². The van der Waals surface area contributed by atoms with Gasteiger partial charge in [-0.2, -0.15) is 0 Å². The summed E-state index contributed by atoms with van der Waals surface area (Å²) in [4.78, 5) is 27.6. The molecule has 0 aliphatic heterocycles. The number of allylic oxidation sites excluding steroid dienone is 1. The van der Waals surface area contributed by atoms with Crippen LogP contribution in [0.25, 0.3) is 0 Å². The lowest BCUT2D eigenvalue weighted by atomic mass is 9.64. The van der Waals surface area contributed by atoms with Crippen LogP contribution in [0.5, 0.6) is 5.75 Å². The summed E-state index contributed by atoms with van der Waals surface area (Å²) in [5, 5.41) is 14.7. The highest BCUT2D eigenvalue weighted by molar-refractivity contribution is 5.98. The summed E-state index contributed by atoms with van der Waals surface area (Å²) >= 11 is 0. The van der Waals surface area contributed by atoms with Crippen molar-refractivity contribution >= 4 is 22.9 Å². The molecule has 3 rings (SSSR count). The third-order valence-electron chi connectivity index (χ3n) is 6.15. The van der Waals surface area contributed by atoms with Crippen LogP contribution in [0.2, 0.25) is 0 Å². The second kappa shape index (κ2) is 9.17. The van der Waals surface area contributed by atoms with Crippen molar-refractivity contribution in [2.45, 2.75) is 38.7 Å². The monoisotopic (exact) mass is 436 g/mol. The molecular formula is C26H32N2O4. The fourth-order valence-corrected chi connectivity index (χ4v) is 4.68. The van der Waals surface area contributed by atoms with Gasteiger partial charge in [0.05, 0.1) is 18.6 Å². The molecule has 0 unspecified atom stereocenters. The Kier molecular flexibility index (Phi) is 6.74. The summed E-state index contributed by atoms with van der Waals surface area (Å²) in [6.45, 7) is 4.68. The summed E-state index contributed by atoms with van der Waals surface area (Å²) in [5.74, 6) is -0.815. The van der Waals surface area contributed by atoms with Crippen molar-refractivity contribution < 1.29 is 19.4 Å². The first kappa shape index (κ1) is 23.5. The number of carbonyl (C=O) groups is 2. The lowest BCUT2D eigenvalue weighted by Crippen LogP contribution is -2.48. The number of rotatable bonds is 7. The summed E-state index contributed by atoms with van der Waals surface area (Å²) in [7, 11) is 5.51. The Morgan fingerprint density at radius 2 is 1.66 bits per heavy atom. The van der Waals surface area contributed by atoms with Gasteiger partial charge in [0.25, 0.3) is 0 Å². The summed E-state index contributed by atoms with van der Waals surface area (Å²) < 4.78 is 5.22. The molecule has 0 saturated heterocycles. The molecule has 6 heteroatoms. The first-order valence-electron chi connectivity index (χ1n) is 10.7. The maximum Gasteiger partial charge on any atom is 0.158 e. The number of hydrogen-bond donors (Lipinski definition) is 2. The first-order chi connectivity index (χ1) is 15.0. The van der Waals surface area contributed by atoms with E-state index in [1.54, 1.807) is 14.0 Å². The Balaban J connectivity index is 2.15. The summed E-state index contributed by atoms with van der Waals surface area (Å²) in [6.07, 6.45) is 0.171. The van der Waals surface area contributed by atoms with Crippen molar-refractivity contribution in [1.82, 2.24) is 0 Å².